The highest BCUT2D eigenvalue weighted by Gasteiger charge is 2.12. The number of hydrogen-bond donors (Lipinski definition) is 1. The van der Waals surface area contributed by atoms with Crippen LogP contribution in [-0.4, -0.2) is 53.3 Å². The number of rotatable bonds is 8. The summed E-state index contributed by atoms with van der Waals surface area (Å²) in [5.74, 6) is 1.23. The first-order valence-electron chi connectivity index (χ1n) is 9.60. The number of anilines is 1. The topological polar surface area (TPSA) is 59.7 Å². The minimum atomic E-state index is 0. The number of halogens is 4. The minimum Gasteiger partial charge on any atom is -0.412 e. The molecule has 4 aromatic rings. The number of benzene rings is 3. The summed E-state index contributed by atoms with van der Waals surface area (Å²) >= 11 is 11.9. The predicted molar refractivity (Wildman–Crippen MR) is 141 cm³/mol. The minimum absolute atomic E-state index is 0. The van der Waals surface area contributed by atoms with Gasteiger partial charge in [-0.15, -0.1) is 48.0 Å². The molecule has 3 N–H and O–H groups in total. The number of nitrogens with zero attached hydrogens (tertiary/aromatic N) is 2. The second-order valence-electron chi connectivity index (χ2n) is 6.83. The number of pyridine rings is 1. The van der Waals surface area contributed by atoms with Gasteiger partial charge >= 0.3 is 0 Å². The molecule has 8 heteroatoms. The highest BCUT2D eigenvalue weighted by atomic mass is 35.5. The number of alkyl halides is 2. The van der Waals surface area contributed by atoms with Gasteiger partial charge in [-0.05, 0) is 11.5 Å². The first-order valence-corrected chi connectivity index (χ1v) is 10.7. The summed E-state index contributed by atoms with van der Waals surface area (Å²) in [6.07, 6.45) is 0. The second-order valence-corrected chi connectivity index (χ2v) is 7.59. The molecule has 0 spiro atoms. The van der Waals surface area contributed by atoms with Crippen LogP contribution in [0.15, 0.2) is 60.7 Å². The van der Waals surface area contributed by atoms with Crippen LogP contribution in [0.2, 0.25) is 0 Å². The Bertz CT molecular complexity index is 1100. The Hall–Kier alpha value is -1.53. The van der Waals surface area contributed by atoms with Crippen molar-refractivity contribution in [2.45, 2.75) is 0 Å². The maximum absolute atomic E-state index is 5.93. The molecule has 0 aliphatic rings. The van der Waals surface area contributed by atoms with Crippen LogP contribution in [0.3, 0.4) is 0 Å². The fourth-order valence-electron chi connectivity index (χ4n) is 3.73. The van der Waals surface area contributed by atoms with Crippen molar-refractivity contribution in [2.24, 2.45) is 0 Å². The van der Waals surface area contributed by atoms with E-state index in [-0.39, 0.29) is 30.3 Å². The zero-order chi connectivity index (χ0) is 19.3. The van der Waals surface area contributed by atoms with E-state index in [4.69, 9.17) is 28.2 Å². The first-order chi connectivity index (χ1) is 13.8. The second kappa shape index (κ2) is 13.1. The fourth-order valence-corrected chi connectivity index (χ4v) is 4.21. The number of fused-ring (bicyclic) bond motifs is 4. The van der Waals surface area contributed by atoms with Crippen LogP contribution in [0.1, 0.15) is 0 Å². The van der Waals surface area contributed by atoms with E-state index in [9.17, 15) is 0 Å². The van der Waals surface area contributed by atoms with E-state index >= 15 is 0 Å². The van der Waals surface area contributed by atoms with E-state index in [0.717, 1.165) is 53.7 Å². The smallest absolute Gasteiger partial charge is 0.0808 e. The van der Waals surface area contributed by atoms with Crippen LogP contribution in [0.25, 0.3) is 32.6 Å². The Balaban J connectivity index is 0.00000160. The largest absolute Gasteiger partial charge is 0.412 e. The molecule has 4 rings (SSSR count). The fraction of sp³-hybridized carbons (Fsp3) is 0.261. The van der Waals surface area contributed by atoms with Gasteiger partial charge in [0.1, 0.15) is 0 Å². The van der Waals surface area contributed by atoms with Crippen molar-refractivity contribution in [2.75, 3.05) is 43.3 Å². The summed E-state index contributed by atoms with van der Waals surface area (Å²) in [6.45, 7) is 3.41. The quantitative estimate of drug-likeness (QED) is 0.189. The molecule has 0 saturated carbocycles. The van der Waals surface area contributed by atoms with E-state index in [0.29, 0.717) is 11.8 Å². The Labute approximate surface area is 205 Å². The van der Waals surface area contributed by atoms with E-state index in [1.54, 1.807) is 0 Å². The molecule has 0 atom stereocenters. The van der Waals surface area contributed by atoms with Crippen LogP contribution < -0.4 is 5.32 Å². The number of hydrogen-bond acceptors (Lipinski definition) is 3. The van der Waals surface area contributed by atoms with Crippen molar-refractivity contribution in [3.05, 3.63) is 60.7 Å². The molecule has 0 bridgehead atoms. The Morgan fingerprint density at radius 2 is 1.39 bits per heavy atom. The van der Waals surface area contributed by atoms with E-state index in [1.165, 1.54) is 10.8 Å². The van der Waals surface area contributed by atoms with Crippen LogP contribution in [0, 0.1) is 0 Å². The predicted octanol–water partition coefficient (Wildman–Crippen LogP) is 5.75. The summed E-state index contributed by atoms with van der Waals surface area (Å²) < 4.78 is 0. The van der Waals surface area contributed by atoms with Gasteiger partial charge in [-0.25, -0.2) is 4.98 Å². The molecular weight excluding hydrogens is 476 g/mol. The number of para-hydroxylation sites is 1. The highest BCUT2D eigenvalue weighted by Crippen LogP contribution is 2.34. The third-order valence-electron chi connectivity index (χ3n) is 5.11. The summed E-state index contributed by atoms with van der Waals surface area (Å²) in [4.78, 5) is 7.27. The van der Waals surface area contributed by atoms with Crippen molar-refractivity contribution < 1.29 is 5.48 Å². The molecular formula is C23H27Cl4N3O. The molecule has 0 amide bonds. The zero-order valence-electron chi connectivity index (χ0n) is 17.0. The average Bonchev–Trinajstić information content (AvgIpc) is 2.73. The summed E-state index contributed by atoms with van der Waals surface area (Å²) in [6, 6.07) is 21.1. The van der Waals surface area contributed by atoms with Gasteiger partial charge in [0, 0.05) is 54.1 Å². The summed E-state index contributed by atoms with van der Waals surface area (Å²) in [7, 11) is 0. The Morgan fingerprint density at radius 1 is 0.742 bits per heavy atom. The van der Waals surface area contributed by atoms with Gasteiger partial charge in [0.05, 0.1) is 16.7 Å². The lowest BCUT2D eigenvalue weighted by Crippen LogP contribution is -2.32. The van der Waals surface area contributed by atoms with Crippen molar-refractivity contribution in [1.82, 2.24) is 9.88 Å². The third-order valence-corrected chi connectivity index (χ3v) is 5.44. The summed E-state index contributed by atoms with van der Waals surface area (Å²) in [5, 5.41) is 8.36. The Kier molecular flexibility index (Phi) is 11.6. The molecule has 1 heterocycles. The van der Waals surface area contributed by atoms with Gasteiger partial charge in [0.25, 0.3) is 0 Å². The average molecular weight is 503 g/mol. The van der Waals surface area contributed by atoms with Crippen molar-refractivity contribution in [1.29, 1.82) is 0 Å². The Morgan fingerprint density at radius 3 is 2.10 bits per heavy atom. The summed E-state index contributed by atoms with van der Waals surface area (Å²) in [5.41, 5.74) is 3.19. The van der Waals surface area contributed by atoms with Gasteiger partial charge in [-0.1, -0.05) is 54.6 Å². The number of nitrogens with one attached hydrogen (secondary N) is 1. The molecule has 1 aromatic heterocycles. The molecule has 0 fully saturated rings. The molecule has 168 valence electrons. The maximum atomic E-state index is 5.93. The van der Waals surface area contributed by atoms with E-state index < -0.39 is 0 Å². The zero-order valence-corrected chi connectivity index (χ0v) is 20.1. The first kappa shape index (κ1) is 27.5. The third kappa shape index (κ3) is 6.04. The van der Waals surface area contributed by atoms with Crippen LogP contribution in [-0.2, 0) is 0 Å². The van der Waals surface area contributed by atoms with Crippen LogP contribution in [0.4, 0.5) is 5.69 Å². The molecule has 0 aliphatic heterocycles. The lowest BCUT2D eigenvalue weighted by molar-refractivity contribution is 0.319. The lowest BCUT2D eigenvalue weighted by Gasteiger charge is -2.21. The number of aromatic nitrogens is 1. The molecule has 0 radical (unpaired) electrons. The van der Waals surface area contributed by atoms with E-state index in [2.05, 4.69) is 64.8 Å². The molecule has 0 aliphatic carbocycles. The van der Waals surface area contributed by atoms with Gasteiger partial charge in [-0.2, -0.15) is 0 Å². The van der Waals surface area contributed by atoms with Crippen molar-refractivity contribution in [3.8, 4) is 0 Å². The van der Waals surface area contributed by atoms with Gasteiger partial charge < -0.3 is 10.8 Å². The lowest BCUT2D eigenvalue weighted by atomic mass is 10.0. The van der Waals surface area contributed by atoms with Crippen LogP contribution in [0.5, 0.6) is 0 Å². The SMILES string of the molecule is Cl.Cl.ClCCN(CCCl)CCNc1c2ccccc2nc2c1ccc1ccccc12.O. The molecule has 31 heavy (non-hydrogen) atoms. The van der Waals surface area contributed by atoms with Gasteiger partial charge in [0.15, 0.2) is 0 Å². The maximum Gasteiger partial charge on any atom is 0.0808 e. The van der Waals surface area contributed by atoms with Crippen molar-refractivity contribution in [3.63, 3.8) is 0 Å². The molecule has 3 aromatic carbocycles. The standard InChI is InChI=1S/C23H23Cl2N3.2ClH.H2O/c24-11-14-28(15-12-25)16-13-26-22-19-7-3-4-8-21(19)27-23-18-6-2-1-5-17(18)9-10-20(22)23;;;/h1-10H,11-16H2,(H,26,27);2*1H;1H2. The molecule has 4 nitrogen and oxygen atoms in total. The normalized spacial score (nSPS) is 10.5. The van der Waals surface area contributed by atoms with Crippen LogP contribution >= 0.6 is 48.0 Å². The highest BCUT2D eigenvalue weighted by molar-refractivity contribution is 6.18. The monoisotopic (exact) mass is 501 g/mol. The molecule has 0 unspecified atom stereocenters. The van der Waals surface area contributed by atoms with Crippen molar-refractivity contribution >= 4 is 86.3 Å². The van der Waals surface area contributed by atoms with Gasteiger partial charge in [0.2, 0.25) is 0 Å². The van der Waals surface area contributed by atoms with Gasteiger partial charge in [-0.3, -0.25) is 4.90 Å². The molecule has 0 saturated heterocycles. The van der Waals surface area contributed by atoms with E-state index in [1.807, 2.05) is 6.07 Å².